The van der Waals surface area contributed by atoms with Crippen molar-refractivity contribution in [2.45, 2.75) is 19.4 Å². The van der Waals surface area contributed by atoms with E-state index in [-0.39, 0.29) is 17.6 Å². The van der Waals surface area contributed by atoms with E-state index in [1.165, 1.54) is 18.2 Å². The second-order valence-electron chi connectivity index (χ2n) is 6.36. The quantitative estimate of drug-likeness (QED) is 0.392. The first-order valence-electron chi connectivity index (χ1n) is 9.13. The van der Waals surface area contributed by atoms with Crippen LogP contribution < -0.4 is 4.74 Å². The van der Waals surface area contributed by atoms with Crippen LogP contribution in [0.3, 0.4) is 0 Å². The topological polar surface area (TPSA) is 85.0 Å². The third-order valence-electron chi connectivity index (χ3n) is 4.48. The number of benzene rings is 2. The minimum Gasteiger partial charge on any atom is -0.497 e. The van der Waals surface area contributed by atoms with Crippen molar-refractivity contribution in [2.75, 3.05) is 12.9 Å². The number of nitrogens with zero attached hydrogens (tertiary/aromatic N) is 3. The molecular weight excluding hydrogens is 390 g/mol. The number of amides is 1. The Labute approximate surface area is 173 Å². The zero-order valence-corrected chi connectivity index (χ0v) is 17.0. The molecule has 1 aliphatic heterocycles. The molecule has 1 fully saturated rings. The number of methoxy groups -OCH3 is 1. The van der Waals surface area contributed by atoms with Crippen LogP contribution in [-0.2, 0) is 4.79 Å². The number of aliphatic imine (C=N–C) groups is 1. The number of carbonyl (C=O) groups excluding carboxylic acids is 1. The molecule has 1 aliphatic rings. The van der Waals surface area contributed by atoms with Gasteiger partial charge in [-0.1, -0.05) is 30.8 Å². The summed E-state index contributed by atoms with van der Waals surface area (Å²) in [5, 5.41) is 11.6. The maximum Gasteiger partial charge on any atom is 0.270 e. The molecule has 0 radical (unpaired) electrons. The normalized spacial score (nSPS) is 17.8. The number of ether oxygens (including phenoxy) is 1. The molecule has 1 saturated heterocycles. The first-order valence-corrected chi connectivity index (χ1v) is 10.1. The van der Waals surface area contributed by atoms with Crippen molar-refractivity contribution in [1.29, 1.82) is 0 Å². The van der Waals surface area contributed by atoms with E-state index >= 15 is 0 Å². The molecule has 3 rings (SSSR count). The van der Waals surface area contributed by atoms with Crippen molar-refractivity contribution in [3.05, 3.63) is 70.3 Å². The largest absolute Gasteiger partial charge is 0.497 e. The minimum atomic E-state index is -0.455. The number of carbonyl (C=O) groups is 1. The van der Waals surface area contributed by atoms with E-state index in [1.54, 1.807) is 42.0 Å². The van der Waals surface area contributed by atoms with Gasteiger partial charge in [0.05, 0.1) is 17.7 Å². The van der Waals surface area contributed by atoms with Crippen LogP contribution in [-0.4, -0.2) is 39.8 Å². The summed E-state index contributed by atoms with van der Waals surface area (Å²) in [5.41, 5.74) is 1.33. The maximum absolute atomic E-state index is 12.9. The number of hydrogen-bond acceptors (Lipinski definition) is 6. The first kappa shape index (κ1) is 20.6. The molecule has 150 valence electrons. The Morgan fingerprint density at radius 3 is 2.76 bits per heavy atom. The summed E-state index contributed by atoms with van der Waals surface area (Å²) in [5.74, 6) is 1.33. The van der Waals surface area contributed by atoms with Gasteiger partial charge in [-0.15, -0.1) is 0 Å². The zero-order chi connectivity index (χ0) is 20.8. The maximum atomic E-state index is 12.9. The van der Waals surface area contributed by atoms with Gasteiger partial charge < -0.3 is 4.74 Å². The van der Waals surface area contributed by atoms with Crippen LogP contribution in [0.25, 0.3) is 6.08 Å². The molecule has 8 heteroatoms. The predicted octanol–water partition coefficient (Wildman–Crippen LogP) is 4.66. The molecule has 29 heavy (non-hydrogen) atoms. The lowest BCUT2D eigenvalue weighted by molar-refractivity contribution is -0.384. The van der Waals surface area contributed by atoms with Gasteiger partial charge in [-0.2, -0.15) is 0 Å². The van der Waals surface area contributed by atoms with Gasteiger partial charge in [0.25, 0.3) is 11.6 Å². The van der Waals surface area contributed by atoms with Crippen LogP contribution in [0.15, 0.2) is 59.6 Å². The monoisotopic (exact) mass is 411 g/mol. The minimum absolute atomic E-state index is 0.00970. The summed E-state index contributed by atoms with van der Waals surface area (Å²) in [4.78, 5) is 29.7. The lowest BCUT2D eigenvalue weighted by atomic mass is 10.1. The molecule has 1 atom stereocenters. The van der Waals surface area contributed by atoms with Crippen LogP contribution in [0, 0.1) is 10.1 Å². The Kier molecular flexibility index (Phi) is 6.66. The summed E-state index contributed by atoms with van der Waals surface area (Å²) in [6.07, 6.45) is 3.85. The predicted molar refractivity (Wildman–Crippen MR) is 116 cm³/mol. The Hall–Kier alpha value is -3.13. The van der Waals surface area contributed by atoms with Gasteiger partial charge >= 0.3 is 0 Å². The summed E-state index contributed by atoms with van der Waals surface area (Å²) < 4.78 is 5.16. The molecule has 0 aromatic heterocycles. The highest BCUT2D eigenvalue weighted by atomic mass is 32.2. The van der Waals surface area contributed by atoms with E-state index in [0.717, 1.165) is 23.6 Å². The molecule has 0 bridgehead atoms. The number of amidine groups is 1. The highest BCUT2D eigenvalue weighted by Gasteiger charge is 2.32. The molecule has 0 spiro atoms. The van der Waals surface area contributed by atoms with Gasteiger partial charge in [-0.3, -0.25) is 19.8 Å². The number of nitro groups is 1. The van der Waals surface area contributed by atoms with Crippen LogP contribution >= 0.6 is 11.8 Å². The molecule has 2 aromatic rings. The second-order valence-corrected chi connectivity index (χ2v) is 7.35. The van der Waals surface area contributed by atoms with Crippen molar-refractivity contribution in [1.82, 2.24) is 4.90 Å². The molecule has 0 unspecified atom stereocenters. The molecule has 0 saturated carbocycles. The van der Waals surface area contributed by atoms with E-state index in [0.29, 0.717) is 10.7 Å². The van der Waals surface area contributed by atoms with Crippen molar-refractivity contribution < 1.29 is 14.5 Å². The Morgan fingerprint density at radius 1 is 1.34 bits per heavy atom. The summed E-state index contributed by atoms with van der Waals surface area (Å²) >= 11 is 1.54. The standard InChI is InChI=1S/C21H21N3O4S/c1-3-17-14-29-21(22-16-8-10-19(28-2)11-9-16)23(17)20(25)12-7-15-5-4-6-18(13-15)24(26)27/h4-13,17H,3,14H2,1-2H3/b12-7+,22-21?/t17-/m0/s1. The number of rotatable bonds is 6. The fourth-order valence-corrected chi connectivity index (χ4v) is 4.16. The van der Waals surface area contributed by atoms with Gasteiger partial charge in [0.15, 0.2) is 5.17 Å². The SMILES string of the molecule is CC[C@H]1CSC(=Nc2ccc(OC)cc2)N1C(=O)/C=C/c1cccc([N+](=O)[O-])c1. The van der Waals surface area contributed by atoms with Gasteiger partial charge in [0, 0.05) is 30.0 Å². The van der Waals surface area contributed by atoms with E-state index in [9.17, 15) is 14.9 Å². The Bertz CT molecular complexity index is 957. The molecule has 0 aliphatic carbocycles. The van der Waals surface area contributed by atoms with Crippen LogP contribution in [0.5, 0.6) is 5.75 Å². The van der Waals surface area contributed by atoms with Gasteiger partial charge in [-0.25, -0.2) is 4.99 Å². The Balaban J connectivity index is 1.82. The molecule has 1 amide bonds. The van der Waals surface area contributed by atoms with Crippen molar-refractivity contribution in [3.63, 3.8) is 0 Å². The number of non-ortho nitro benzene ring substituents is 1. The van der Waals surface area contributed by atoms with Crippen LogP contribution in [0.4, 0.5) is 11.4 Å². The summed E-state index contributed by atoms with van der Waals surface area (Å²) in [6, 6.07) is 13.6. The average Bonchev–Trinajstić information content (AvgIpc) is 3.15. The molecule has 0 N–H and O–H groups in total. The number of thioether (sulfide) groups is 1. The van der Waals surface area contributed by atoms with E-state index < -0.39 is 4.92 Å². The lowest BCUT2D eigenvalue weighted by Crippen LogP contribution is -2.37. The van der Waals surface area contributed by atoms with Gasteiger partial charge in [0.1, 0.15) is 5.75 Å². The molecule has 2 aromatic carbocycles. The third-order valence-corrected chi connectivity index (χ3v) is 5.58. The fourth-order valence-electron chi connectivity index (χ4n) is 2.89. The smallest absolute Gasteiger partial charge is 0.270 e. The van der Waals surface area contributed by atoms with Crippen LogP contribution in [0.1, 0.15) is 18.9 Å². The Morgan fingerprint density at radius 2 is 2.10 bits per heavy atom. The second kappa shape index (κ2) is 9.38. The molecule has 1 heterocycles. The molecular formula is C21H21N3O4S. The van der Waals surface area contributed by atoms with E-state index in [1.807, 2.05) is 31.2 Å². The average molecular weight is 411 g/mol. The van der Waals surface area contributed by atoms with E-state index in [4.69, 9.17) is 4.74 Å². The van der Waals surface area contributed by atoms with Gasteiger partial charge in [-0.05, 0) is 42.3 Å². The van der Waals surface area contributed by atoms with E-state index in [2.05, 4.69) is 4.99 Å². The fraction of sp³-hybridized carbons (Fsp3) is 0.238. The van der Waals surface area contributed by atoms with Crippen molar-refractivity contribution in [2.24, 2.45) is 4.99 Å². The first-order chi connectivity index (χ1) is 14.0. The summed E-state index contributed by atoms with van der Waals surface area (Å²) in [6.45, 7) is 2.03. The van der Waals surface area contributed by atoms with Gasteiger partial charge in [0.2, 0.25) is 0 Å². The van der Waals surface area contributed by atoms with Crippen LogP contribution in [0.2, 0.25) is 0 Å². The summed E-state index contributed by atoms with van der Waals surface area (Å²) in [7, 11) is 1.60. The zero-order valence-electron chi connectivity index (χ0n) is 16.1. The number of hydrogen-bond donors (Lipinski definition) is 0. The lowest BCUT2D eigenvalue weighted by Gasteiger charge is -2.21. The highest BCUT2D eigenvalue weighted by Crippen LogP contribution is 2.30. The number of nitro benzene ring substituents is 1. The van der Waals surface area contributed by atoms with Crippen molar-refractivity contribution in [3.8, 4) is 5.75 Å². The molecule has 7 nitrogen and oxygen atoms in total. The third kappa shape index (κ3) is 5.03. The highest BCUT2D eigenvalue weighted by molar-refractivity contribution is 8.14. The van der Waals surface area contributed by atoms with Crippen molar-refractivity contribution >= 4 is 40.3 Å².